The molecule has 5 nitrogen and oxygen atoms in total. The summed E-state index contributed by atoms with van der Waals surface area (Å²) < 4.78 is 5.23. The minimum absolute atomic E-state index is 0.692. The minimum atomic E-state index is 0.692. The third-order valence-electron chi connectivity index (χ3n) is 2.93. The van der Waals surface area contributed by atoms with Gasteiger partial charge in [0.1, 0.15) is 11.6 Å². The van der Waals surface area contributed by atoms with Gasteiger partial charge in [-0.2, -0.15) is 0 Å². The molecule has 0 fully saturated rings. The quantitative estimate of drug-likeness (QED) is 0.634. The van der Waals surface area contributed by atoms with Crippen LogP contribution in [0.2, 0.25) is 0 Å². The van der Waals surface area contributed by atoms with Crippen LogP contribution in [0.5, 0.6) is 5.75 Å². The molecule has 1 aromatic heterocycles. The first-order valence-electron chi connectivity index (χ1n) is 6.00. The molecule has 0 saturated heterocycles. The summed E-state index contributed by atoms with van der Waals surface area (Å²) in [5.74, 6) is 6.99. The van der Waals surface area contributed by atoms with E-state index >= 15 is 0 Å². The highest BCUT2D eigenvalue weighted by molar-refractivity contribution is 5.52. The van der Waals surface area contributed by atoms with Crippen molar-refractivity contribution in [3.05, 3.63) is 48.2 Å². The number of ether oxygens (including phenoxy) is 1. The standard InChI is InChI=1S/C14H18N4O/c1-18(12-6-3-7-13(9-12)19-2)10-11-5-4-8-16-14(11)17-15/h3-9H,10,15H2,1-2H3,(H,16,17). The fourth-order valence-corrected chi connectivity index (χ4v) is 1.89. The van der Waals surface area contributed by atoms with Gasteiger partial charge in [0.05, 0.1) is 7.11 Å². The van der Waals surface area contributed by atoms with Gasteiger partial charge < -0.3 is 15.1 Å². The number of methoxy groups -OCH3 is 1. The first-order valence-corrected chi connectivity index (χ1v) is 6.00. The van der Waals surface area contributed by atoms with Crippen molar-refractivity contribution in [1.29, 1.82) is 0 Å². The predicted molar refractivity (Wildman–Crippen MR) is 77.1 cm³/mol. The molecule has 0 bridgehead atoms. The molecule has 0 aliphatic carbocycles. The van der Waals surface area contributed by atoms with E-state index < -0.39 is 0 Å². The van der Waals surface area contributed by atoms with Crippen LogP contribution >= 0.6 is 0 Å². The molecule has 0 unspecified atom stereocenters. The highest BCUT2D eigenvalue weighted by atomic mass is 16.5. The van der Waals surface area contributed by atoms with Gasteiger partial charge in [0.2, 0.25) is 0 Å². The van der Waals surface area contributed by atoms with E-state index in [2.05, 4.69) is 15.3 Å². The number of nitrogens with one attached hydrogen (secondary N) is 1. The number of nitrogens with zero attached hydrogens (tertiary/aromatic N) is 2. The van der Waals surface area contributed by atoms with E-state index in [1.165, 1.54) is 0 Å². The fourth-order valence-electron chi connectivity index (χ4n) is 1.89. The highest BCUT2D eigenvalue weighted by Gasteiger charge is 2.07. The third-order valence-corrected chi connectivity index (χ3v) is 2.93. The minimum Gasteiger partial charge on any atom is -0.497 e. The number of hydrogen-bond acceptors (Lipinski definition) is 5. The number of nitrogens with two attached hydrogens (primary N) is 1. The predicted octanol–water partition coefficient (Wildman–Crippen LogP) is 2.01. The van der Waals surface area contributed by atoms with Crippen molar-refractivity contribution in [3.8, 4) is 5.75 Å². The maximum absolute atomic E-state index is 5.46. The number of nitrogen functional groups attached to an aromatic ring is 1. The van der Waals surface area contributed by atoms with Crippen LogP contribution in [0, 0.1) is 0 Å². The molecule has 0 saturated carbocycles. The molecular weight excluding hydrogens is 240 g/mol. The Kier molecular flexibility index (Phi) is 4.20. The molecule has 0 aliphatic heterocycles. The van der Waals surface area contributed by atoms with Gasteiger partial charge in [0.25, 0.3) is 0 Å². The second-order valence-electron chi connectivity index (χ2n) is 4.21. The van der Waals surface area contributed by atoms with Crippen molar-refractivity contribution >= 4 is 11.5 Å². The van der Waals surface area contributed by atoms with Crippen LogP contribution in [0.3, 0.4) is 0 Å². The van der Waals surface area contributed by atoms with Crippen LogP contribution in [0.15, 0.2) is 42.6 Å². The van der Waals surface area contributed by atoms with E-state index in [4.69, 9.17) is 10.6 Å². The van der Waals surface area contributed by atoms with E-state index in [1.807, 2.05) is 43.4 Å². The van der Waals surface area contributed by atoms with Gasteiger partial charge in [-0.25, -0.2) is 10.8 Å². The van der Waals surface area contributed by atoms with Crippen LogP contribution in [0.1, 0.15) is 5.56 Å². The SMILES string of the molecule is COc1cccc(N(C)Cc2cccnc2NN)c1. The zero-order valence-corrected chi connectivity index (χ0v) is 11.1. The molecular formula is C14H18N4O. The zero-order chi connectivity index (χ0) is 13.7. The van der Waals surface area contributed by atoms with Gasteiger partial charge in [-0.15, -0.1) is 0 Å². The number of anilines is 2. The smallest absolute Gasteiger partial charge is 0.144 e. The number of pyridine rings is 1. The van der Waals surface area contributed by atoms with Crippen molar-refractivity contribution in [1.82, 2.24) is 4.98 Å². The average Bonchev–Trinajstić information content (AvgIpc) is 2.47. The number of benzene rings is 1. The molecule has 0 atom stereocenters. The lowest BCUT2D eigenvalue weighted by molar-refractivity contribution is 0.415. The van der Waals surface area contributed by atoms with E-state index in [1.54, 1.807) is 13.3 Å². The summed E-state index contributed by atoms with van der Waals surface area (Å²) in [7, 11) is 3.68. The normalized spacial score (nSPS) is 10.1. The topological polar surface area (TPSA) is 63.4 Å². The Balaban J connectivity index is 2.18. The summed E-state index contributed by atoms with van der Waals surface area (Å²) in [6.07, 6.45) is 1.71. The summed E-state index contributed by atoms with van der Waals surface area (Å²) in [4.78, 5) is 6.30. The van der Waals surface area contributed by atoms with Crippen molar-refractivity contribution in [3.63, 3.8) is 0 Å². The van der Waals surface area contributed by atoms with Crippen LogP contribution in [-0.4, -0.2) is 19.1 Å². The molecule has 0 radical (unpaired) electrons. The lowest BCUT2D eigenvalue weighted by Crippen LogP contribution is -2.19. The molecule has 1 aromatic carbocycles. The van der Waals surface area contributed by atoms with Crippen LogP contribution in [-0.2, 0) is 6.54 Å². The summed E-state index contributed by atoms with van der Waals surface area (Å²) >= 11 is 0. The third kappa shape index (κ3) is 3.14. The van der Waals surface area contributed by atoms with Gasteiger partial charge in [-0.1, -0.05) is 12.1 Å². The van der Waals surface area contributed by atoms with Crippen molar-refractivity contribution in [2.24, 2.45) is 5.84 Å². The average molecular weight is 258 g/mol. The molecule has 5 heteroatoms. The first-order chi connectivity index (χ1) is 9.24. The summed E-state index contributed by atoms with van der Waals surface area (Å²) in [5.41, 5.74) is 4.72. The molecule has 100 valence electrons. The maximum Gasteiger partial charge on any atom is 0.144 e. The Bertz CT molecular complexity index is 544. The number of hydrazine groups is 1. The van der Waals surface area contributed by atoms with Gasteiger partial charge >= 0.3 is 0 Å². The van der Waals surface area contributed by atoms with Crippen LogP contribution in [0.4, 0.5) is 11.5 Å². The van der Waals surface area contributed by atoms with Gasteiger partial charge in [-0.3, -0.25) is 0 Å². The fraction of sp³-hybridized carbons (Fsp3) is 0.214. The van der Waals surface area contributed by atoms with Crippen LogP contribution in [0.25, 0.3) is 0 Å². The first kappa shape index (κ1) is 13.2. The van der Waals surface area contributed by atoms with Crippen LogP contribution < -0.4 is 20.9 Å². The number of hydrogen-bond donors (Lipinski definition) is 2. The van der Waals surface area contributed by atoms with Gasteiger partial charge in [0, 0.05) is 37.1 Å². The molecule has 1 heterocycles. The van der Waals surface area contributed by atoms with Gasteiger partial charge in [0.15, 0.2) is 0 Å². The summed E-state index contributed by atoms with van der Waals surface area (Å²) in [6.45, 7) is 0.709. The van der Waals surface area contributed by atoms with Crippen molar-refractivity contribution in [2.45, 2.75) is 6.54 Å². The Labute approximate surface area is 113 Å². The summed E-state index contributed by atoms with van der Waals surface area (Å²) in [5, 5.41) is 0. The number of rotatable bonds is 5. The summed E-state index contributed by atoms with van der Waals surface area (Å²) in [6, 6.07) is 11.8. The van der Waals surface area contributed by atoms with Crippen molar-refractivity contribution < 1.29 is 4.74 Å². The lowest BCUT2D eigenvalue weighted by Gasteiger charge is -2.21. The second-order valence-corrected chi connectivity index (χ2v) is 4.21. The molecule has 0 amide bonds. The largest absolute Gasteiger partial charge is 0.497 e. The van der Waals surface area contributed by atoms with E-state index in [-0.39, 0.29) is 0 Å². The Hall–Kier alpha value is -2.27. The lowest BCUT2D eigenvalue weighted by atomic mass is 10.2. The monoisotopic (exact) mass is 258 g/mol. The molecule has 2 aromatic rings. The Morgan fingerprint density at radius 3 is 2.89 bits per heavy atom. The highest BCUT2D eigenvalue weighted by Crippen LogP contribution is 2.22. The number of aromatic nitrogens is 1. The zero-order valence-electron chi connectivity index (χ0n) is 11.1. The second kappa shape index (κ2) is 6.06. The molecule has 0 spiro atoms. The van der Waals surface area contributed by atoms with Crippen molar-refractivity contribution in [2.75, 3.05) is 24.5 Å². The molecule has 2 rings (SSSR count). The van der Waals surface area contributed by atoms with E-state index in [0.29, 0.717) is 12.4 Å². The molecule has 19 heavy (non-hydrogen) atoms. The van der Waals surface area contributed by atoms with E-state index in [0.717, 1.165) is 17.0 Å². The molecule has 3 N–H and O–H groups in total. The molecule has 0 aliphatic rings. The van der Waals surface area contributed by atoms with E-state index in [9.17, 15) is 0 Å². The van der Waals surface area contributed by atoms with Gasteiger partial charge in [-0.05, 0) is 18.2 Å². The Morgan fingerprint density at radius 1 is 1.32 bits per heavy atom. The maximum atomic E-state index is 5.46. The Morgan fingerprint density at radius 2 is 2.16 bits per heavy atom.